The van der Waals surface area contributed by atoms with Gasteiger partial charge in [-0.05, 0) is 61.1 Å². The lowest BCUT2D eigenvalue weighted by Crippen LogP contribution is -2.46. The van der Waals surface area contributed by atoms with E-state index in [2.05, 4.69) is 5.32 Å². The molecule has 8 heteroatoms. The summed E-state index contributed by atoms with van der Waals surface area (Å²) >= 11 is 6.22. The van der Waals surface area contributed by atoms with Crippen LogP contribution in [0.3, 0.4) is 0 Å². The van der Waals surface area contributed by atoms with E-state index >= 15 is 0 Å². The maximum Gasteiger partial charge on any atom is 0.407 e. The van der Waals surface area contributed by atoms with E-state index in [4.69, 9.17) is 16.7 Å². The van der Waals surface area contributed by atoms with Crippen molar-refractivity contribution in [1.82, 2.24) is 15.1 Å². The van der Waals surface area contributed by atoms with Crippen molar-refractivity contribution in [3.8, 4) is 0 Å². The molecule has 1 heterocycles. The first-order valence-electron chi connectivity index (χ1n) is 10.8. The third-order valence-corrected chi connectivity index (χ3v) is 6.78. The number of carbonyl (C=O) groups is 3. The highest BCUT2D eigenvalue weighted by Gasteiger charge is 2.31. The number of halogens is 1. The van der Waals surface area contributed by atoms with Gasteiger partial charge >= 0.3 is 6.09 Å². The molecule has 32 heavy (non-hydrogen) atoms. The van der Waals surface area contributed by atoms with Gasteiger partial charge in [-0.2, -0.15) is 0 Å². The summed E-state index contributed by atoms with van der Waals surface area (Å²) in [6, 6.07) is 12.5. The Morgan fingerprint density at radius 2 is 1.81 bits per heavy atom. The molecule has 7 nitrogen and oxygen atoms in total. The predicted molar refractivity (Wildman–Crippen MR) is 121 cm³/mol. The fourth-order valence-electron chi connectivity index (χ4n) is 4.57. The van der Waals surface area contributed by atoms with Crippen LogP contribution in [0.25, 0.3) is 0 Å². The molecule has 0 spiro atoms. The fraction of sp³-hybridized carbons (Fsp3) is 0.375. The normalized spacial score (nSPS) is 18.2. The minimum absolute atomic E-state index is 0.0494. The van der Waals surface area contributed by atoms with Crippen LogP contribution in [0.2, 0.25) is 5.02 Å². The Balaban J connectivity index is 1.46. The Labute approximate surface area is 192 Å². The molecule has 168 valence electrons. The van der Waals surface area contributed by atoms with Crippen molar-refractivity contribution in [2.45, 2.75) is 37.8 Å². The molecule has 0 bridgehead atoms. The topological polar surface area (TPSA) is 90.0 Å². The van der Waals surface area contributed by atoms with E-state index in [-0.39, 0.29) is 23.9 Å². The first-order chi connectivity index (χ1) is 15.3. The summed E-state index contributed by atoms with van der Waals surface area (Å²) in [5.41, 5.74) is 3.14. The van der Waals surface area contributed by atoms with Crippen LogP contribution in [0, 0.1) is 0 Å². The number of fused-ring (bicyclic) bond motifs is 1. The number of aryl methyl sites for hydroxylation is 1. The van der Waals surface area contributed by atoms with Gasteiger partial charge in [-0.3, -0.25) is 9.59 Å². The van der Waals surface area contributed by atoms with Gasteiger partial charge in [0.05, 0.1) is 16.6 Å². The Hall–Kier alpha value is -3.06. The molecule has 1 aliphatic carbocycles. The largest absolute Gasteiger partial charge is 0.465 e. The number of carboxylic acid groups (broad SMARTS) is 1. The summed E-state index contributed by atoms with van der Waals surface area (Å²) in [5, 5.41) is 12.5. The average Bonchev–Trinajstić information content (AvgIpc) is 3.22. The highest BCUT2D eigenvalue weighted by Crippen LogP contribution is 2.37. The Bertz CT molecular complexity index is 1050. The number of nitrogens with zero attached hydrogens (tertiary/aromatic N) is 2. The fourth-order valence-corrected chi connectivity index (χ4v) is 4.79. The van der Waals surface area contributed by atoms with E-state index in [1.165, 1.54) is 4.90 Å². The number of nitrogens with one attached hydrogen (secondary N) is 1. The second-order valence-corrected chi connectivity index (χ2v) is 8.79. The average molecular weight is 456 g/mol. The third kappa shape index (κ3) is 4.43. The van der Waals surface area contributed by atoms with E-state index < -0.39 is 6.09 Å². The van der Waals surface area contributed by atoms with Crippen molar-refractivity contribution in [3.05, 3.63) is 69.7 Å². The zero-order valence-corrected chi connectivity index (χ0v) is 18.6. The Kier molecular flexibility index (Phi) is 6.37. The van der Waals surface area contributed by atoms with E-state index in [0.29, 0.717) is 42.1 Å². The zero-order chi connectivity index (χ0) is 22.8. The molecule has 1 aliphatic heterocycles. The van der Waals surface area contributed by atoms with Crippen LogP contribution in [-0.4, -0.2) is 59.0 Å². The van der Waals surface area contributed by atoms with Crippen molar-refractivity contribution in [1.29, 1.82) is 0 Å². The molecule has 2 aliphatic rings. The molecular formula is C24H26ClN3O4. The molecule has 1 fully saturated rings. The van der Waals surface area contributed by atoms with Gasteiger partial charge in [-0.15, -0.1) is 0 Å². The summed E-state index contributed by atoms with van der Waals surface area (Å²) < 4.78 is 0. The van der Waals surface area contributed by atoms with E-state index in [0.717, 1.165) is 24.0 Å². The van der Waals surface area contributed by atoms with E-state index in [9.17, 15) is 14.4 Å². The van der Waals surface area contributed by atoms with Crippen LogP contribution in [0.5, 0.6) is 0 Å². The second kappa shape index (κ2) is 9.20. The summed E-state index contributed by atoms with van der Waals surface area (Å²) in [5.74, 6) is -0.319. The minimum atomic E-state index is -0.921. The number of hydrogen-bond donors (Lipinski definition) is 2. The molecule has 0 saturated carbocycles. The van der Waals surface area contributed by atoms with Crippen molar-refractivity contribution in [2.75, 3.05) is 20.1 Å². The highest BCUT2D eigenvalue weighted by atomic mass is 35.5. The van der Waals surface area contributed by atoms with Crippen molar-refractivity contribution in [3.63, 3.8) is 0 Å². The predicted octanol–water partition coefficient (Wildman–Crippen LogP) is 3.97. The lowest BCUT2D eigenvalue weighted by Gasteiger charge is -2.30. The smallest absolute Gasteiger partial charge is 0.407 e. The molecule has 0 radical (unpaired) electrons. The maximum atomic E-state index is 13.0. The molecule has 4 rings (SSSR count). The summed E-state index contributed by atoms with van der Waals surface area (Å²) in [6.07, 6.45) is 1.91. The number of likely N-dealkylation sites (tertiary alicyclic amines) is 1. The van der Waals surface area contributed by atoms with E-state index in [1.54, 1.807) is 36.2 Å². The molecule has 0 aromatic heterocycles. The van der Waals surface area contributed by atoms with Crippen molar-refractivity contribution >= 4 is 29.5 Å². The summed E-state index contributed by atoms with van der Waals surface area (Å²) in [4.78, 5) is 40.0. The number of piperidine rings is 1. The quantitative estimate of drug-likeness (QED) is 0.729. The van der Waals surface area contributed by atoms with Gasteiger partial charge in [0, 0.05) is 31.7 Å². The van der Waals surface area contributed by atoms with Gasteiger partial charge in [0.1, 0.15) is 0 Å². The van der Waals surface area contributed by atoms with Crippen LogP contribution >= 0.6 is 11.6 Å². The molecule has 1 unspecified atom stereocenters. The van der Waals surface area contributed by atoms with Gasteiger partial charge in [-0.1, -0.05) is 29.8 Å². The van der Waals surface area contributed by atoms with Gasteiger partial charge in [-0.25, -0.2) is 4.79 Å². The summed E-state index contributed by atoms with van der Waals surface area (Å²) in [6.45, 7) is 0.836. The van der Waals surface area contributed by atoms with Crippen LogP contribution in [0.1, 0.15) is 57.1 Å². The molecule has 2 N–H and O–H groups in total. The Morgan fingerprint density at radius 3 is 2.50 bits per heavy atom. The molecule has 1 atom stereocenters. The zero-order valence-electron chi connectivity index (χ0n) is 17.9. The second-order valence-electron chi connectivity index (χ2n) is 8.38. The lowest BCUT2D eigenvalue weighted by molar-refractivity contribution is 0.0730. The molecule has 3 amide bonds. The van der Waals surface area contributed by atoms with Crippen LogP contribution in [0.4, 0.5) is 4.79 Å². The number of rotatable bonds is 4. The van der Waals surface area contributed by atoms with Crippen molar-refractivity contribution in [2.24, 2.45) is 0 Å². The molecular weight excluding hydrogens is 430 g/mol. The first-order valence-corrected chi connectivity index (χ1v) is 11.2. The van der Waals surface area contributed by atoms with Crippen LogP contribution in [0.15, 0.2) is 42.5 Å². The first kappa shape index (κ1) is 22.1. The highest BCUT2D eigenvalue weighted by molar-refractivity contribution is 6.33. The summed E-state index contributed by atoms with van der Waals surface area (Å²) in [7, 11) is 1.77. The molecule has 2 aromatic rings. The minimum Gasteiger partial charge on any atom is -0.465 e. The van der Waals surface area contributed by atoms with Gasteiger partial charge in [0.25, 0.3) is 11.8 Å². The molecule has 2 aromatic carbocycles. The number of benzene rings is 2. The van der Waals surface area contributed by atoms with Crippen LogP contribution < -0.4 is 5.32 Å². The monoisotopic (exact) mass is 455 g/mol. The number of hydrogen-bond acceptors (Lipinski definition) is 3. The van der Waals surface area contributed by atoms with Gasteiger partial charge in [0.2, 0.25) is 0 Å². The van der Waals surface area contributed by atoms with Crippen molar-refractivity contribution < 1.29 is 19.5 Å². The lowest BCUT2D eigenvalue weighted by atomic mass is 10.0. The van der Waals surface area contributed by atoms with Crippen LogP contribution in [-0.2, 0) is 6.42 Å². The van der Waals surface area contributed by atoms with Gasteiger partial charge in [0.15, 0.2) is 0 Å². The Morgan fingerprint density at radius 1 is 1.09 bits per heavy atom. The molecule has 1 saturated heterocycles. The number of carbonyl (C=O) groups excluding carboxylic acids is 2. The number of amides is 3. The standard InChI is InChI=1S/C24H26ClN3O4/c1-27(23(30)18-4-2-3-5-20(18)25)21-9-8-15-6-7-16(14-19(15)21)22(29)26-17-10-12-28(13-11-17)24(31)32/h2-7,14,17,21H,8-13H2,1H3,(H,26,29)(H,31,32). The van der Waals surface area contributed by atoms with E-state index in [1.807, 2.05) is 18.2 Å². The third-order valence-electron chi connectivity index (χ3n) is 6.45. The maximum absolute atomic E-state index is 13.0. The van der Waals surface area contributed by atoms with Gasteiger partial charge < -0.3 is 20.2 Å². The SMILES string of the molecule is CN(C(=O)c1ccccc1Cl)C1CCc2ccc(C(=O)NC3CCN(C(=O)O)CC3)cc21.